The first kappa shape index (κ1) is 20.6. The summed E-state index contributed by atoms with van der Waals surface area (Å²) in [5, 5.41) is 6.15. The molecule has 148 valence electrons. The molecule has 0 bridgehead atoms. The van der Waals surface area contributed by atoms with Gasteiger partial charge in [-0.15, -0.1) is 11.3 Å². The van der Waals surface area contributed by atoms with Crippen LogP contribution < -0.4 is 15.4 Å². The molecule has 0 saturated carbocycles. The van der Waals surface area contributed by atoms with E-state index in [1.54, 1.807) is 35.6 Å². The molecule has 3 rings (SSSR count). The van der Waals surface area contributed by atoms with Gasteiger partial charge >= 0.3 is 0 Å². The van der Waals surface area contributed by atoms with Gasteiger partial charge in [-0.3, -0.25) is 9.59 Å². The molecule has 0 unspecified atom stereocenters. The predicted molar refractivity (Wildman–Crippen MR) is 120 cm³/mol. The van der Waals surface area contributed by atoms with Crippen LogP contribution in [0.2, 0.25) is 5.02 Å². The van der Waals surface area contributed by atoms with Crippen LogP contribution in [0.4, 0.5) is 11.4 Å². The van der Waals surface area contributed by atoms with Crippen molar-refractivity contribution in [3.63, 3.8) is 0 Å². The van der Waals surface area contributed by atoms with E-state index >= 15 is 0 Å². The van der Waals surface area contributed by atoms with Gasteiger partial charge in [0.25, 0.3) is 0 Å². The second kappa shape index (κ2) is 9.41. The van der Waals surface area contributed by atoms with Crippen molar-refractivity contribution in [3.8, 4) is 16.2 Å². The third kappa shape index (κ3) is 5.70. The summed E-state index contributed by atoms with van der Waals surface area (Å²) in [7, 11) is 1.52. The molecular weight excluding hydrogens is 408 g/mol. The summed E-state index contributed by atoms with van der Waals surface area (Å²) < 4.78 is 5.27. The molecule has 2 aromatic carbocycles. The van der Waals surface area contributed by atoms with Gasteiger partial charge < -0.3 is 15.4 Å². The van der Waals surface area contributed by atoms with Crippen molar-refractivity contribution in [2.24, 2.45) is 0 Å². The third-order valence-corrected chi connectivity index (χ3v) is 5.28. The number of carbonyl (C=O) groups is 2. The molecule has 2 amide bonds. The predicted octanol–water partition coefficient (Wildman–Crippen LogP) is 5.69. The van der Waals surface area contributed by atoms with Crippen LogP contribution in [0.5, 0.6) is 5.75 Å². The zero-order valence-corrected chi connectivity index (χ0v) is 17.4. The molecule has 2 N–H and O–H groups in total. The third-order valence-electron chi connectivity index (χ3n) is 3.93. The Morgan fingerprint density at radius 3 is 2.48 bits per heavy atom. The molecule has 0 saturated heterocycles. The number of halogens is 1. The van der Waals surface area contributed by atoms with Gasteiger partial charge in [-0.1, -0.05) is 23.7 Å². The van der Waals surface area contributed by atoms with Crippen LogP contribution in [0.1, 0.15) is 11.8 Å². The zero-order valence-electron chi connectivity index (χ0n) is 15.9. The Bertz CT molecular complexity index is 1060. The van der Waals surface area contributed by atoms with Crippen molar-refractivity contribution in [1.82, 2.24) is 0 Å². The first-order chi connectivity index (χ1) is 13.9. The monoisotopic (exact) mass is 426 g/mol. The molecule has 1 heterocycles. The number of thiophene rings is 1. The number of amides is 2. The smallest absolute Gasteiger partial charge is 0.248 e. The molecule has 0 spiro atoms. The summed E-state index contributed by atoms with van der Waals surface area (Å²) >= 11 is 7.50. The molecule has 5 nitrogen and oxygen atoms in total. The van der Waals surface area contributed by atoms with Gasteiger partial charge in [0, 0.05) is 33.5 Å². The second-order valence-electron chi connectivity index (χ2n) is 6.13. The van der Waals surface area contributed by atoms with E-state index in [0.29, 0.717) is 22.1 Å². The van der Waals surface area contributed by atoms with Gasteiger partial charge in [-0.2, -0.15) is 0 Å². The lowest BCUT2D eigenvalue weighted by Crippen LogP contribution is -2.10. The first-order valence-corrected chi connectivity index (χ1v) is 9.94. The van der Waals surface area contributed by atoms with Crippen molar-refractivity contribution in [2.75, 3.05) is 17.7 Å². The van der Waals surface area contributed by atoms with E-state index in [1.807, 2.05) is 36.4 Å². The van der Waals surface area contributed by atoms with E-state index in [1.165, 1.54) is 20.1 Å². The highest BCUT2D eigenvalue weighted by Gasteiger charge is 2.08. The van der Waals surface area contributed by atoms with Crippen LogP contribution in [0.3, 0.4) is 0 Å². The summed E-state index contributed by atoms with van der Waals surface area (Å²) in [6, 6.07) is 16.6. The highest BCUT2D eigenvalue weighted by Crippen LogP contribution is 2.30. The van der Waals surface area contributed by atoms with Crippen LogP contribution >= 0.6 is 22.9 Å². The van der Waals surface area contributed by atoms with Gasteiger partial charge in [0.05, 0.1) is 12.8 Å². The van der Waals surface area contributed by atoms with Crippen molar-refractivity contribution in [3.05, 3.63) is 70.6 Å². The standard InChI is InChI=1S/C22H19ClN2O3S/c1-14(26)24-17-7-10-20(28-2)19(13-17)25-22(27)12-9-18-8-11-21(29-18)15-3-5-16(23)6-4-15/h3-13H,1-2H3,(H,24,26)(H,25,27)/b12-9+. The van der Waals surface area contributed by atoms with E-state index < -0.39 is 0 Å². The molecule has 0 radical (unpaired) electrons. The van der Waals surface area contributed by atoms with E-state index in [9.17, 15) is 9.59 Å². The largest absolute Gasteiger partial charge is 0.495 e. The van der Waals surface area contributed by atoms with Crippen LogP contribution in [0.15, 0.2) is 60.7 Å². The molecule has 29 heavy (non-hydrogen) atoms. The Labute approximate surface area is 178 Å². The molecule has 7 heteroatoms. The summed E-state index contributed by atoms with van der Waals surface area (Å²) in [4.78, 5) is 25.6. The average Bonchev–Trinajstić information content (AvgIpc) is 3.16. The van der Waals surface area contributed by atoms with Crippen molar-refractivity contribution >= 4 is 52.2 Å². The molecule has 3 aromatic rings. The van der Waals surface area contributed by atoms with Gasteiger partial charge in [-0.05, 0) is 54.1 Å². The highest BCUT2D eigenvalue weighted by molar-refractivity contribution is 7.16. The Kier molecular flexibility index (Phi) is 6.69. The first-order valence-electron chi connectivity index (χ1n) is 8.75. The molecule has 0 fully saturated rings. The molecule has 0 atom stereocenters. The van der Waals surface area contributed by atoms with E-state index in [-0.39, 0.29) is 11.8 Å². The average molecular weight is 427 g/mol. The number of benzene rings is 2. The minimum Gasteiger partial charge on any atom is -0.495 e. The lowest BCUT2D eigenvalue weighted by Gasteiger charge is -2.11. The zero-order chi connectivity index (χ0) is 20.8. The summed E-state index contributed by atoms with van der Waals surface area (Å²) in [6.07, 6.45) is 3.21. The van der Waals surface area contributed by atoms with Gasteiger partial charge in [-0.25, -0.2) is 0 Å². The van der Waals surface area contributed by atoms with E-state index in [2.05, 4.69) is 10.6 Å². The number of nitrogens with one attached hydrogen (secondary N) is 2. The summed E-state index contributed by atoms with van der Waals surface area (Å²) in [5.74, 6) is 0.00763. The fourth-order valence-corrected chi connectivity index (χ4v) is 3.67. The number of hydrogen-bond acceptors (Lipinski definition) is 4. The van der Waals surface area contributed by atoms with Crippen LogP contribution in [0.25, 0.3) is 16.5 Å². The normalized spacial score (nSPS) is 10.7. The molecule has 1 aromatic heterocycles. The Morgan fingerprint density at radius 2 is 1.79 bits per heavy atom. The van der Waals surface area contributed by atoms with Crippen molar-refractivity contribution < 1.29 is 14.3 Å². The molecule has 0 aliphatic rings. The number of hydrogen-bond donors (Lipinski definition) is 2. The van der Waals surface area contributed by atoms with Gasteiger partial charge in [0.15, 0.2) is 0 Å². The minimum absolute atomic E-state index is 0.193. The van der Waals surface area contributed by atoms with Gasteiger partial charge in [0.2, 0.25) is 11.8 Å². The maximum Gasteiger partial charge on any atom is 0.248 e. The fourth-order valence-electron chi connectivity index (χ4n) is 2.63. The Hall–Kier alpha value is -3.09. The highest BCUT2D eigenvalue weighted by atomic mass is 35.5. The number of rotatable bonds is 6. The Morgan fingerprint density at radius 1 is 1.03 bits per heavy atom. The lowest BCUT2D eigenvalue weighted by atomic mass is 10.2. The topological polar surface area (TPSA) is 67.4 Å². The van der Waals surface area contributed by atoms with E-state index in [4.69, 9.17) is 16.3 Å². The maximum absolute atomic E-state index is 12.4. The van der Waals surface area contributed by atoms with Crippen LogP contribution in [-0.2, 0) is 9.59 Å². The number of anilines is 2. The van der Waals surface area contributed by atoms with Crippen LogP contribution in [-0.4, -0.2) is 18.9 Å². The molecule has 0 aliphatic carbocycles. The number of carbonyl (C=O) groups excluding carboxylic acids is 2. The molecule has 0 aliphatic heterocycles. The fraction of sp³-hybridized carbons (Fsp3) is 0.0909. The van der Waals surface area contributed by atoms with Crippen molar-refractivity contribution in [2.45, 2.75) is 6.92 Å². The minimum atomic E-state index is -0.301. The maximum atomic E-state index is 12.4. The number of ether oxygens (including phenoxy) is 1. The van der Waals surface area contributed by atoms with E-state index in [0.717, 1.165) is 15.3 Å². The number of methoxy groups -OCH3 is 1. The summed E-state index contributed by atoms with van der Waals surface area (Å²) in [6.45, 7) is 1.42. The second-order valence-corrected chi connectivity index (χ2v) is 7.68. The Balaban J connectivity index is 1.70. The van der Waals surface area contributed by atoms with Gasteiger partial charge in [0.1, 0.15) is 5.75 Å². The SMILES string of the molecule is COc1ccc(NC(C)=O)cc1NC(=O)/C=C/c1ccc(-c2ccc(Cl)cc2)s1. The quantitative estimate of drug-likeness (QED) is 0.498. The van der Waals surface area contributed by atoms with Crippen LogP contribution in [0, 0.1) is 0 Å². The summed E-state index contributed by atoms with van der Waals surface area (Å²) in [5.41, 5.74) is 2.12. The molecular formula is C22H19ClN2O3S. The van der Waals surface area contributed by atoms with Crippen molar-refractivity contribution in [1.29, 1.82) is 0 Å². The lowest BCUT2D eigenvalue weighted by molar-refractivity contribution is -0.114.